The third-order valence-electron chi connectivity index (χ3n) is 3.58. The van der Waals surface area contributed by atoms with Gasteiger partial charge in [-0.25, -0.2) is 4.79 Å². The number of nitrogens with zero attached hydrogens (tertiary/aromatic N) is 1. The van der Waals surface area contributed by atoms with Crippen LogP contribution in [0.25, 0.3) is 0 Å². The number of rotatable bonds is 7. The van der Waals surface area contributed by atoms with Crippen molar-refractivity contribution in [2.75, 3.05) is 7.11 Å². The van der Waals surface area contributed by atoms with E-state index in [2.05, 4.69) is 10.5 Å². The van der Waals surface area contributed by atoms with Gasteiger partial charge in [0.2, 0.25) is 5.91 Å². The van der Waals surface area contributed by atoms with E-state index in [-0.39, 0.29) is 12.3 Å². The minimum atomic E-state index is -0.973. The van der Waals surface area contributed by atoms with Gasteiger partial charge in [-0.05, 0) is 33.6 Å². The molecular formula is C15H24N2O4. The molecule has 1 heterocycles. The van der Waals surface area contributed by atoms with Gasteiger partial charge >= 0.3 is 5.97 Å². The van der Waals surface area contributed by atoms with Crippen LogP contribution in [-0.4, -0.2) is 29.7 Å². The molecule has 0 radical (unpaired) electrons. The first-order chi connectivity index (χ1) is 9.84. The highest BCUT2D eigenvalue weighted by atomic mass is 16.5. The van der Waals surface area contributed by atoms with E-state index in [1.54, 1.807) is 6.92 Å². The maximum Gasteiger partial charge on any atom is 0.331 e. The lowest BCUT2D eigenvalue weighted by Crippen LogP contribution is -2.52. The predicted octanol–water partition coefficient (Wildman–Crippen LogP) is 2.07. The standard InChI is InChI=1S/C15H24N2O4/c1-6-9-15(4,14(19)20-5)16-13(18)8-7-12-10(2)17-21-11(12)3/h6-9H2,1-5H3,(H,16,18). The average molecular weight is 296 g/mol. The SMILES string of the molecule is CCCC(C)(NC(=O)CCc1c(C)noc1C)C(=O)OC. The zero-order valence-electron chi connectivity index (χ0n) is 13.4. The lowest BCUT2D eigenvalue weighted by atomic mass is 9.95. The predicted molar refractivity (Wildman–Crippen MR) is 77.8 cm³/mol. The van der Waals surface area contributed by atoms with Crippen molar-refractivity contribution in [3.05, 3.63) is 17.0 Å². The molecule has 1 unspecified atom stereocenters. The van der Waals surface area contributed by atoms with E-state index in [1.165, 1.54) is 7.11 Å². The van der Waals surface area contributed by atoms with Crippen molar-refractivity contribution in [3.8, 4) is 0 Å². The topological polar surface area (TPSA) is 81.4 Å². The smallest absolute Gasteiger partial charge is 0.331 e. The third kappa shape index (κ3) is 4.31. The lowest BCUT2D eigenvalue weighted by molar-refractivity contribution is -0.150. The van der Waals surface area contributed by atoms with Crippen molar-refractivity contribution < 1.29 is 18.8 Å². The molecule has 1 atom stereocenters. The monoisotopic (exact) mass is 296 g/mol. The second-order valence-corrected chi connectivity index (χ2v) is 5.42. The van der Waals surface area contributed by atoms with Crippen LogP contribution in [0.2, 0.25) is 0 Å². The van der Waals surface area contributed by atoms with Crippen molar-refractivity contribution >= 4 is 11.9 Å². The van der Waals surface area contributed by atoms with Crippen LogP contribution < -0.4 is 5.32 Å². The van der Waals surface area contributed by atoms with Gasteiger partial charge in [-0.1, -0.05) is 18.5 Å². The summed E-state index contributed by atoms with van der Waals surface area (Å²) in [6.07, 6.45) is 2.13. The van der Waals surface area contributed by atoms with Gasteiger partial charge < -0.3 is 14.6 Å². The van der Waals surface area contributed by atoms with E-state index < -0.39 is 11.5 Å². The Bertz CT molecular complexity index is 490. The second-order valence-electron chi connectivity index (χ2n) is 5.42. The van der Waals surface area contributed by atoms with Gasteiger partial charge in [-0.2, -0.15) is 0 Å². The summed E-state index contributed by atoms with van der Waals surface area (Å²) in [4.78, 5) is 23.9. The van der Waals surface area contributed by atoms with Gasteiger partial charge in [0.05, 0.1) is 12.8 Å². The maximum atomic E-state index is 12.1. The van der Waals surface area contributed by atoms with Gasteiger partial charge in [0.25, 0.3) is 0 Å². The average Bonchev–Trinajstić information content (AvgIpc) is 2.75. The summed E-state index contributed by atoms with van der Waals surface area (Å²) in [6.45, 7) is 7.32. The number of hydrogen-bond donors (Lipinski definition) is 1. The van der Waals surface area contributed by atoms with E-state index >= 15 is 0 Å². The first-order valence-corrected chi connectivity index (χ1v) is 7.15. The Morgan fingerprint density at radius 3 is 2.52 bits per heavy atom. The molecule has 1 aromatic rings. The van der Waals surface area contributed by atoms with Gasteiger partial charge in [0, 0.05) is 12.0 Å². The summed E-state index contributed by atoms with van der Waals surface area (Å²) in [5.41, 5.74) is 0.768. The molecule has 0 aromatic carbocycles. The molecule has 118 valence electrons. The molecule has 0 spiro atoms. The number of aromatic nitrogens is 1. The van der Waals surface area contributed by atoms with E-state index in [0.717, 1.165) is 23.4 Å². The zero-order valence-corrected chi connectivity index (χ0v) is 13.4. The maximum absolute atomic E-state index is 12.1. The van der Waals surface area contributed by atoms with Crippen LogP contribution in [0.1, 0.15) is 50.1 Å². The number of amides is 1. The van der Waals surface area contributed by atoms with Crippen LogP contribution in [0, 0.1) is 13.8 Å². The fourth-order valence-electron chi connectivity index (χ4n) is 2.41. The van der Waals surface area contributed by atoms with Gasteiger partial charge in [-0.3, -0.25) is 4.79 Å². The van der Waals surface area contributed by atoms with Gasteiger partial charge in [0.15, 0.2) is 0 Å². The number of esters is 1. The van der Waals surface area contributed by atoms with E-state index in [0.29, 0.717) is 12.8 Å². The third-order valence-corrected chi connectivity index (χ3v) is 3.58. The summed E-state index contributed by atoms with van der Waals surface area (Å²) >= 11 is 0. The summed E-state index contributed by atoms with van der Waals surface area (Å²) < 4.78 is 9.85. The molecular weight excluding hydrogens is 272 g/mol. The molecule has 1 aromatic heterocycles. The first-order valence-electron chi connectivity index (χ1n) is 7.15. The van der Waals surface area contributed by atoms with Crippen molar-refractivity contribution in [1.29, 1.82) is 0 Å². The molecule has 0 fully saturated rings. The molecule has 21 heavy (non-hydrogen) atoms. The highest BCUT2D eigenvalue weighted by molar-refractivity contribution is 5.87. The number of hydrogen-bond acceptors (Lipinski definition) is 5. The molecule has 6 nitrogen and oxygen atoms in total. The Morgan fingerprint density at radius 1 is 1.38 bits per heavy atom. The quantitative estimate of drug-likeness (QED) is 0.779. The molecule has 0 saturated heterocycles. The lowest BCUT2D eigenvalue weighted by Gasteiger charge is -2.27. The van der Waals surface area contributed by atoms with Crippen molar-refractivity contribution in [3.63, 3.8) is 0 Å². The normalized spacial score (nSPS) is 13.6. The number of ether oxygens (including phenoxy) is 1. The number of methoxy groups -OCH3 is 1. The van der Waals surface area contributed by atoms with E-state index in [1.807, 2.05) is 20.8 Å². The van der Waals surface area contributed by atoms with Crippen LogP contribution in [0.4, 0.5) is 0 Å². The number of nitrogens with one attached hydrogen (secondary N) is 1. The molecule has 1 rings (SSSR count). The number of carbonyl (C=O) groups excluding carboxylic acids is 2. The molecule has 1 amide bonds. The highest BCUT2D eigenvalue weighted by Gasteiger charge is 2.34. The Hall–Kier alpha value is -1.85. The Morgan fingerprint density at radius 2 is 2.05 bits per heavy atom. The highest BCUT2D eigenvalue weighted by Crippen LogP contribution is 2.17. The minimum Gasteiger partial charge on any atom is -0.467 e. The zero-order chi connectivity index (χ0) is 16.0. The van der Waals surface area contributed by atoms with Crippen LogP contribution in [0.3, 0.4) is 0 Å². The second kappa shape index (κ2) is 7.24. The Labute approximate surface area is 125 Å². The summed E-state index contributed by atoms with van der Waals surface area (Å²) in [5, 5.41) is 6.64. The van der Waals surface area contributed by atoms with Gasteiger partial charge in [-0.15, -0.1) is 0 Å². The van der Waals surface area contributed by atoms with E-state index in [4.69, 9.17) is 9.26 Å². The Balaban J connectivity index is 2.65. The molecule has 0 aliphatic heterocycles. The first kappa shape index (κ1) is 17.2. The molecule has 0 aliphatic rings. The fraction of sp³-hybridized carbons (Fsp3) is 0.667. The van der Waals surface area contributed by atoms with Gasteiger partial charge in [0.1, 0.15) is 11.3 Å². The van der Waals surface area contributed by atoms with Crippen LogP contribution >= 0.6 is 0 Å². The minimum absolute atomic E-state index is 0.184. The number of carbonyl (C=O) groups is 2. The van der Waals surface area contributed by atoms with Crippen LogP contribution in [-0.2, 0) is 20.7 Å². The van der Waals surface area contributed by atoms with Crippen molar-refractivity contribution in [1.82, 2.24) is 10.5 Å². The van der Waals surface area contributed by atoms with Crippen molar-refractivity contribution in [2.45, 2.75) is 58.9 Å². The number of aryl methyl sites for hydroxylation is 2. The largest absolute Gasteiger partial charge is 0.467 e. The van der Waals surface area contributed by atoms with Crippen LogP contribution in [0.5, 0.6) is 0 Å². The molecule has 0 bridgehead atoms. The summed E-state index contributed by atoms with van der Waals surface area (Å²) in [5.74, 6) is 0.121. The van der Waals surface area contributed by atoms with Crippen LogP contribution in [0.15, 0.2) is 4.52 Å². The van der Waals surface area contributed by atoms with E-state index in [9.17, 15) is 9.59 Å². The molecule has 1 N–H and O–H groups in total. The fourth-order valence-corrected chi connectivity index (χ4v) is 2.41. The van der Waals surface area contributed by atoms with Crippen molar-refractivity contribution in [2.24, 2.45) is 0 Å². The molecule has 0 aliphatic carbocycles. The molecule has 6 heteroatoms. The summed E-state index contributed by atoms with van der Waals surface area (Å²) in [6, 6.07) is 0. The molecule has 0 saturated carbocycles. The Kier molecular flexibility index (Phi) is 5.93. The summed E-state index contributed by atoms with van der Waals surface area (Å²) in [7, 11) is 1.33.